The van der Waals surface area contributed by atoms with E-state index in [-0.39, 0.29) is 22.9 Å². The molecule has 0 spiro atoms. The van der Waals surface area contributed by atoms with Gasteiger partial charge in [0.1, 0.15) is 23.0 Å². The summed E-state index contributed by atoms with van der Waals surface area (Å²) in [7, 11) is 3.40. The molecule has 1 aromatic carbocycles. The molecule has 1 fully saturated rings. The normalized spacial score (nSPS) is 15.3. The number of carbonyl (C=O) groups is 2. The van der Waals surface area contributed by atoms with Crippen molar-refractivity contribution < 1.29 is 27.8 Å². The summed E-state index contributed by atoms with van der Waals surface area (Å²) >= 11 is 0. The van der Waals surface area contributed by atoms with Gasteiger partial charge in [-0.25, -0.2) is 4.79 Å². The molecule has 0 unspecified atom stereocenters. The highest BCUT2D eigenvalue weighted by molar-refractivity contribution is 6.12. The van der Waals surface area contributed by atoms with Crippen LogP contribution in [-0.4, -0.2) is 66.1 Å². The molecule has 1 aliphatic heterocycles. The molecule has 0 aliphatic carbocycles. The van der Waals surface area contributed by atoms with E-state index in [1.54, 1.807) is 50.7 Å². The number of nitriles is 1. The number of ether oxygens (including phenoxy) is 2. The van der Waals surface area contributed by atoms with Crippen molar-refractivity contribution in [3.05, 3.63) is 41.2 Å². The molecule has 188 valence electrons. The van der Waals surface area contributed by atoms with Gasteiger partial charge in [0.05, 0.1) is 5.69 Å². The predicted octanol–water partition coefficient (Wildman–Crippen LogP) is 5.04. The fraction of sp³-hybridized carbons (Fsp3) is 0.480. The molecule has 1 aliphatic rings. The number of alkyl halides is 2. The number of rotatable bonds is 6. The monoisotopic (exact) mass is 488 g/mol. The molecule has 1 saturated heterocycles. The van der Waals surface area contributed by atoms with Crippen LogP contribution in [0.1, 0.15) is 55.6 Å². The van der Waals surface area contributed by atoms with Crippen molar-refractivity contribution in [3.8, 4) is 11.8 Å². The number of nitrogens with one attached hydrogen (secondary N) is 1. The summed E-state index contributed by atoms with van der Waals surface area (Å²) in [4.78, 5) is 31.4. The third kappa shape index (κ3) is 6.50. The first-order chi connectivity index (χ1) is 16.4. The van der Waals surface area contributed by atoms with E-state index in [2.05, 4.69) is 4.98 Å². The highest BCUT2D eigenvalue weighted by Gasteiger charge is 2.30. The second-order valence-electron chi connectivity index (χ2n) is 9.73. The number of aromatic nitrogens is 1. The number of H-pyrrole nitrogens is 1. The smallest absolute Gasteiger partial charge is 0.410 e. The maximum atomic E-state index is 13.2. The van der Waals surface area contributed by atoms with Crippen molar-refractivity contribution in [2.75, 3.05) is 27.2 Å². The Bertz CT molecular complexity index is 1170. The van der Waals surface area contributed by atoms with E-state index >= 15 is 0 Å². The zero-order chi connectivity index (χ0) is 25.9. The molecule has 8 nitrogen and oxygen atoms in total. The van der Waals surface area contributed by atoms with Crippen molar-refractivity contribution in [2.24, 2.45) is 0 Å². The largest absolute Gasteiger partial charge is 0.444 e. The van der Waals surface area contributed by atoms with E-state index in [9.17, 15) is 23.6 Å². The summed E-state index contributed by atoms with van der Waals surface area (Å²) in [5, 5.41) is 9.86. The number of carbonyl (C=O) groups excluding carboxylic acids is 2. The first-order valence-electron chi connectivity index (χ1n) is 11.3. The molecule has 0 saturated carbocycles. The van der Waals surface area contributed by atoms with Gasteiger partial charge in [0.25, 0.3) is 0 Å². The van der Waals surface area contributed by atoms with Gasteiger partial charge in [0.2, 0.25) is 5.78 Å². The molecular formula is C25H30F2N4O4. The van der Waals surface area contributed by atoms with E-state index in [0.717, 1.165) is 0 Å². The number of piperidine rings is 1. The van der Waals surface area contributed by atoms with Gasteiger partial charge >= 0.3 is 12.7 Å². The van der Waals surface area contributed by atoms with E-state index in [1.807, 2.05) is 6.07 Å². The number of likely N-dealkylation sites (tertiary alicyclic amines) is 1. The van der Waals surface area contributed by atoms with Crippen LogP contribution in [0, 0.1) is 11.3 Å². The molecule has 35 heavy (non-hydrogen) atoms. The highest BCUT2D eigenvalue weighted by atomic mass is 19.3. The second-order valence-corrected chi connectivity index (χ2v) is 9.73. The van der Waals surface area contributed by atoms with Gasteiger partial charge in [-0.15, -0.1) is 0 Å². The van der Waals surface area contributed by atoms with Crippen molar-refractivity contribution in [2.45, 2.75) is 51.7 Å². The van der Waals surface area contributed by atoms with Crippen LogP contribution in [-0.2, 0) is 4.74 Å². The Balaban J connectivity index is 1.89. The molecule has 0 radical (unpaired) electrons. The summed E-state index contributed by atoms with van der Waals surface area (Å²) < 4.78 is 36.7. The Kier molecular flexibility index (Phi) is 7.68. The van der Waals surface area contributed by atoms with Crippen LogP contribution in [0.3, 0.4) is 0 Å². The number of hydrogen-bond donors (Lipinski definition) is 1. The van der Waals surface area contributed by atoms with Gasteiger partial charge < -0.3 is 24.3 Å². The fourth-order valence-corrected chi connectivity index (χ4v) is 4.06. The standard InChI is InChI=1S/C25H30F2N4O4/c1-25(2,3)35-24(33)31-8-6-15(7-9-31)18-12-19-16(11-21(18)34-23(26)27)10-20(29-19)22(32)17(13-28)14-30(4)5/h10-12,14-15,23,29H,6-9H2,1-5H3/b17-14+. The first-order valence-corrected chi connectivity index (χ1v) is 11.3. The lowest BCUT2D eigenvalue weighted by atomic mass is 9.88. The zero-order valence-electron chi connectivity index (χ0n) is 20.5. The number of ketones is 1. The third-order valence-corrected chi connectivity index (χ3v) is 5.55. The maximum Gasteiger partial charge on any atom is 0.410 e. The van der Waals surface area contributed by atoms with E-state index < -0.39 is 24.1 Å². The summed E-state index contributed by atoms with van der Waals surface area (Å²) in [6.07, 6.45) is 2.10. The van der Waals surface area contributed by atoms with E-state index in [4.69, 9.17) is 9.47 Å². The number of aromatic amines is 1. The lowest BCUT2D eigenvalue weighted by Gasteiger charge is -2.34. The highest BCUT2D eigenvalue weighted by Crippen LogP contribution is 2.38. The second kappa shape index (κ2) is 10.3. The van der Waals surface area contributed by atoms with Crippen molar-refractivity contribution in [1.29, 1.82) is 5.26 Å². The van der Waals surface area contributed by atoms with Crippen LogP contribution in [0.25, 0.3) is 10.9 Å². The summed E-state index contributed by atoms with van der Waals surface area (Å²) in [5.74, 6) is -0.593. The molecule has 1 N–H and O–H groups in total. The van der Waals surface area contributed by atoms with Gasteiger partial charge in [-0.3, -0.25) is 4.79 Å². The molecule has 10 heteroatoms. The average molecular weight is 489 g/mol. The lowest BCUT2D eigenvalue weighted by Crippen LogP contribution is -2.41. The Morgan fingerprint density at radius 1 is 1.23 bits per heavy atom. The minimum Gasteiger partial charge on any atom is -0.444 e. The summed E-state index contributed by atoms with van der Waals surface area (Å²) in [5.41, 5.74) is 0.663. The topological polar surface area (TPSA) is 98.7 Å². The minimum absolute atomic E-state index is 0.0329. The molecule has 2 aromatic rings. The van der Waals surface area contributed by atoms with E-state index in [1.165, 1.54) is 18.3 Å². The lowest BCUT2D eigenvalue weighted by molar-refractivity contribution is -0.0506. The average Bonchev–Trinajstić information content (AvgIpc) is 3.18. The minimum atomic E-state index is -3.01. The van der Waals surface area contributed by atoms with Gasteiger partial charge in [0, 0.05) is 44.3 Å². The van der Waals surface area contributed by atoms with Crippen LogP contribution < -0.4 is 4.74 Å². The molecule has 2 heterocycles. The number of allylic oxidation sites excluding steroid dienone is 1. The Morgan fingerprint density at radius 2 is 1.89 bits per heavy atom. The molecular weight excluding hydrogens is 458 g/mol. The predicted molar refractivity (Wildman–Crippen MR) is 126 cm³/mol. The third-order valence-electron chi connectivity index (χ3n) is 5.55. The van der Waals surface area contributed by atoms with Crippen LogP contribution >= 0.6 is 0 Å². The number of amides is 1. The summed E-state index contributed by atoms with van der Waals surface area (Å²) in [6.45, 7) is 3.22. The molecule has 1 aromatic heterocycles. The van der Waals surface area contributed by atoms with Crippen LogP contribution in [0.5, 0.6) is 5.75 Å². The molecule has 0 bridgehead atoms. The number of halogens is 2. The molecule has 3 rings (SSSR count). The van der Waals surface area contributed by atoms with Gasteiger partial charge in [-0.05, 0) is 63.3 Å². The first kappa shape index (κ1) is 26.0. The van der Waals surface area contributed by atoms with Crippen molar-refractivity contribution in [1.82, 2.24) is 14.8 Å². The van der Waals surface area contributed by atoms with Crippen LogP contribution in [0.15, 0.2) is 30.0 Å². The van der Waals surface area contributed by atoms with Crippen molar-refractivity contribution in [3.63, 3.8) is 0 Å². The number of benzene rings is 1. The fourth-order valence-electron chi connectivity index (χ4n) is 4.06. The summed E-state index contributed by atoms with van der Waals surface area (Å²) in [6, 6.07) is 6.59. The number of hydrogen-bond acceptors (Lipinski definition) is 6. The van der Waals surface area contributed by atoms with Crippen LogP contribution in [0.4, 0.5) is 13.6 Å². The Morgan fingerprint density at radius 3 is 2.43 bits per heavy atom. The molecule has 0 atom stereocenters. The Hall–Kier alpha value is -3.61. The molecule has 1 amide bonds. The Labute approximate surface area is 203 Å². The van der Waals surface area contributed by atoms with Crippen molar-refractivity contribution >= 4 is 22.8 Å². The number of Topliss-reactive ketones (excluding diaryl/α,β-unsaturated/α-hetero) is 1. The van der Waals surface area contributed by atoms with E-state index in [0.29, 0.717) is 42.4 Å². The van der Waals surface area contributed by atoms with Crippen LogP contribution in [0.2, 0.25) is 0 Å². The quantitative estimate of drug-likeness (QED) is 0.348. The van der Waals surface area contributed by atoms with Gasteiger partial charge in [0.15, 0.2) is 0 Å². The van der Waals surface area contributed by atoms with Gasteiger partial charge in [-0.2, -0.15) is 14.0 Å². The van der Waals surface area contributed by atoms with Gasteiger partial charge in [-0.1, -0.05) is 0 Å². The maximum absolute atomic E-state index is 13.2. The zero-order valence-corrected chi connectivity index (χ0v) is 20.5. The SMILES string of the molecule is CN(C)/C=C(\C#N)C(=O)c1cc2cc(OC(F)F)c(C3CCN(C(=O)OC(C)(C)C)CC3)cc2[nH]1. The number of nitrogens with zero attached hydrogens (tertiary/aromatic N) is 3. The number of fused-ring (bicyclic) bond motifs is 1.